The van der Waals surface area contributed by atoms with Gasteiger partial charge in [-0.2, -0.15) is 5.10 Å². The molecule has 1 aromatic carbocycles. The summed E-state index contributed by atoms with van der Waals surface area (Å²) in [6.07, 6.45) is 6.14. The zero-order valence-electron chi connectivity index (χ0n) is 13.1. The number of carbonyl (C=O) groups excluding carboxylic acids is 1. The minimum atomic E-state index is -0.444. The van der Waals surface area contributed by atoms with Crippen LogP contribution in [0.15, 0.2) is 24.4 Å². The van der Waals surface area contributed by atoms with Crippen molar-refractivity contribution in [2.45, 2.75) is 45.2 Å². The van der Waals surface area contributed by atoms with E-state index in [1.807, 2.05) is 0 Å². The fourth-order valence-corrected chi connectivity index (χ4v) is 3.22. The molecule has 2 atom stereocenters. The molecule has 122 valence electrons. The molecule has 0 bridgehead atoms. The number of aromatic nitrogens is 2. The lowest BCUT2D eigenvalue weighted by Gasteiger charge is -2.29. The molecule has 1 saturated carbocycles. The van der Waals surface area contributed by atoms with Crippen molar-refractivity contribution in [2.75, 3.05) is 0 Å². The molecule has 2 unspecified atom stereocenters. The van der Waals surface area contributed by atoms with Crippen molar-refractivity contribution in [3.63, 3.8) is 0 Å². The minimum absolute atomic E-state index is 0.000519. The van der Waals surface area contributed by atoms with Gasteiger partial charge in [0, 0.05) is 23.6 Å². The number of non-ortho nitro benzene ring substituents is 1. The van der Waals surface area contributed by atoms with Crippen LogP contribution in [0.2, 0.25) is 0 Å². The van der Waals surface area contributed by atoms with E-state index >= 15 is 0 Å². The van der Waals surface area contributed by atoms with Gasteiger partial charge in [-0.05, 0) is 24.8 Å². The van der Waals surface area contributed by atoms with Gasteiger partial charge in [-0.25, -0.2) is 0 Å². The fraction of sp³-hybridized carbons (Fsp3) is 0.500. The Bertz CT molecular complexity index is 740. The molecule has 1 amide bonds. The van der Waals surface area contributed by atoms with Gasteiger partial charge in [0.05, 0.1) is 16.6 Å². The molecule has 3 rings (SSSR count). The molecule has 7 nitrogen and oxygen atoms in total. The molecule has 1 fully saturated rings. The molecule has 0 aliphatic heterocycles. The SMILES string of the molecule is CC1CCCCC1NC(=O)Cn1ncc2ccc([N+](=O)[O-])cc21. The molecule has 1 aliphatic rings. The lowest BCUT2D eigenvalue weighted by atomic mass is 9.86. The first-order valence-corrected chi connectivity index (χ1v) is 7.94. The molecular weight excluding hydrogens is 296 g/mol. The van der Waals surface area contributed by atoms with E-state index in [1.54, 1.807) is 12.3 Å². The maximum atomic E-state index is 12.3. The summed E-state index contributed by atoms with van der Waals surface area (Å²) in [6, 6.07) is 4.77. The number of nitrogens with zero attached hydrogens (tertiary/aromatic N) is 3. The van der Waals surface area contributed by atoms with E-state index in [0.717, 1.165) is 24.6 Å². The number of nitro benzene ring substituents is 1. The molecule has 1 aliphatic carbocycles. The summed E-state index contributed by atoms with van der Waals surface area (Å²) < 4.78 is 1.52. The largest absolute Gasteiger partial charge is 0.351 e. The second-order valence-electron chi connectivity index (χ2n) is 6.24. The number of nitro groups is 1. The number of carbonyl (C=O) groups is 1. The predicted molar refractivity (Wildman–Crippen MR) is 86.0 cm³/mol. The van der Waals surface area contributed by atoms with Gasteiger partial charge in [-0.15, -0.1) is 0 Å². The predicted octanol–water partition coefficient (Wildman–Crippen LogP) is 2.64. The van der Waals surface area contributed by atoms with Crippen LogP contribution in [0.3, 0.4) is 0 Å². The van der Waals surface area contributed by atoms with Crippen molar-refractivity contribution >= 4 is 22.5 Å². The van der Waals surface area contributed by atoms with Crippen molar-refractivity contribution in [1.29, 1.82) is 0 Å². The molecule has 1 heterocycles. The van der Waals surface area contributed by atoms with Crippen molar-refractivity contribution in [3.05, 3.63) is 34.5 Å². The average molecular weight is 316 g/mol. The molecule has 0 saturated heterocycles. The Labute approximate surface area is 133 Å². The zero-order valence-corrected chi connectivity index (χ0v) is 13.1. The number of hydrogen-bond acceptors (Lipinski definition) is 4. The van der Waals surface area contributed by atoms with Gasteiger partial charge in [-0.1, -0.05) is 19.8 Å². The van der Waals surface area contributed by atoms with Crippen molar-refractivity contribution in [1.82, 2.24) is 15.1 Å². The summed E-state index contributed by atoms with van der Waals surface area (Å²) in [6.45, 7) is 2.24. The third kappa shape index (κ3) is 3.33. The van der Waals surface area contributed by atoms with Gasteiger partial charge in [0.15, 0.2) is 0 Å². The smallest absolute Gasteiger partial charge is 0.271 e. The van der Waals surface area contributed by atoms with Crippen LogP contribution >= 0.6 is 0 Å². The van der Waals surface area contributed by atoms with Gasteiger partial charge in [0.2, 0.25) is 5.91 Å². The van der Waals surface area contributed by atoms with E-state index in [4.69, 9.17) is 0 Å². The first kappa shape index (κ1) is 15.5. The lowest BCUT2D eigenvalue weighted by molar-refractivity contribution is -0.384. The van der Waals surface area contributed by atoms with Crippen LogP contribution in [0, 0.1) is 16.0 Å². The van der Waals surface area contributed by atoms with Crippen LogP contribution in [0.5, 0.6) is 0 Å². The summed E-state index contributed by atoms with van der Waals surface area (Å²) in [5.74, 6) is 0.392. The van der Waals surface area contributed by atoms with Crippen molar-refractivity contribution in [3.8, 4) is 0 Å². The highest BCUT2D eigenvalue weighted by Gasteiger charge is 2.23. The normalized spacial score (nSPS) is 21.3. The second-order valence-corrected chi connectivity index (χ2v) is 6.24. The standard InChI is InChI=1S/C16H20N4O3/c1-11-4-2-3-5-14(11)18-16(21)10-19-15-8-13(20(22)23)7-6-12(15)9-17-19/h6-9,11,14H,2-5,10H2,1H3,(H,18,21). The van der Waals surface area contributed by atoms with Crippen LogP contribution in [0.25, 0.3) is 10.9 Å². The number of rotatable bonds is 4. The molecule has 2 aromatic rings. The van der Waals surface area contributed by atoms with E-state index in [2.05, 4.69) is 17.3 Å². The Morgan fingerprint density at radius 2 is 2.22 bits per heavy atom. The molecule has 1 aromatic heterocycles. The fourth-order valence-electron chi connectivity index (χ4n) is 3.22. The number of hydrogen-bond donors (Lipinski definition) is 1. The topological polar surface area (TPSA) is 90.1 Å². The van der Waals surface area contributed by atoms with Crippen LogP contribution in [-0.4, -0.2) is 26.7 Å². The molecule has 7 heteroatoms. The summed E-state index contributed by atoms with van der Waals surface area (Å²) in [5.41, 5.74) is 0.603. The Balaban J connectivity index is 1.74. The van der Waals surface area contributed by atoms with E-state index in [0.29, 0.717) is 11.4 Å². The van der Waals surface area contributed by atoms with Gasteiger partial charge >= 0.3 is 0 Å². The number of amides is 1. The first-order valence-electron chi connectivity index (χ1n) is 7.94. The Morgan fingerprint density at radius 3 is 2.96 bits per heavy atom. The number of nitrogens with one attached hydrogen (secondary N) is 1. The van der Waals surface area contributed by atoms with Crippen LogP contribution in [0.4, 0.5) is 5.69 Å². The average Bonchev–Trinajstić information content (AvgIpc) is 2.92. The van der Waals surface area contributed by atoms with E-state index < -0.39 is 4.92 Å². The Hall–Kier alpha value is -2.44. The molecule has 23 heavy (non-hydrogen) atoms. The monoisotopic (exact) mass is 316 g/mol. The van der Waals surface area contributed by atoms with Crippen molar-refractivity contribution < 1.29 is 9.72 Å². The minimum Gasteiger partial charge on any atom is -0.351 e. The highest BCUT2D eigenvalue weighted by Crippen LogP contribution is 2.24. The third-order valence-corrected chi connectivity index (χ3v) is 4.59. The summed E-state index contributed by atoms with van der Waals surface area (Å²) in [5, 5.41) is 18.9. The maximum Gasteiger partial charge on any atom is 0.271 e. The van der Waals surface area contributed by atoms with Crippen molar-refractivity contribution in [2.24, 2.45) is 5.92 Å². The third-order valence-electron chi connectivity index (χ3n) is 4.59. The number of fused-ring (bicyclic) bond motifs is 1. The number of benzene rings is 1. The molecule has 0 spiro atoms. The quantitative estimate of drug-likeness (QED) is 0.693. The Morgan fingerprint density at radius 1 is 1.43 bits per heavy atom. The van der Waals surface area contributed by atoms with E-state index in [9.17, 15) is 14.9 Å². The second kappa shape index (κ2) is 6.36. The van der Waals surface area contributed by atoms with Gasteiger partial charge in [0.25, 0.3) is 5.69 Å². The summed E-state index contributed by atoms with van der Waals surface area (Å²) in [7, 11) is 0. The molecule has 0 radical (unpaired) electrons. The van der Waals surface area contributed by atoms with Gasteiger partial charge in [-0.3, -0.25) is 19.6 Å². The van der Waals surface area contributed by atoms with Gasteiger partial charge < -0.3 is 5.32 Å². The van der Waals surface area contributed by atoms with Gasteiger partial charge in [0.1, 0.15) is 6.54 Å². The maximum absolute atomic E-state index is 12.3. The van der Waals surface area contributed by atoms with E-state index in [-0.39, 0.29) is 24.2 Å². The van der Waals surface area contributed by atoms with Crippen LogP contribution in [0.1, 0.15) is 32.6 Å². The Kier molecular flexibility index (Phi) is 4.27. The summed E-state index contributed by atoms with van der Waals surface area (Å²) in [4.78, 5) is 22.7. The lowest BCUT2D eigenvalue weighted by Crippen LogP contribution is -2.42. The highest BCUT2D eigenvalue weighted by atomic mass is 16.6. The molecule has 1 N–H and O–H groups in total. The summed E-state index contributed by atoms with van der Waals surface area (Å²) >= 11 is 0. The first-order chi connectivity index (χ1) is 11.0. The highest BCUT2D eigenvalue weighted by molar-refractivity contribution is 5.83. The molecular formula is C16H20N4O3. The van der Waals surface area contributed by atoms with Crippen LogP contribution in [-0.2, 0) is 11.3 Å². The van der Waals surface area contributed by atoms with E-state index in [1.165, 1.54) is 23.2 Å². The zero-order chi connectivity index (χ0) is 16.4. The van der Waals surface area contributed by atoms with Crippen LogP contribution < -0.4 is 5.32 Å².